The Balaban J connectivity index is 2.00. The minimum absolute atomic E-state index is 0.340. The van der Waals surface area contributed by atoms with Gasteiger partial charge in [-0.2, -0.15) is 0 Å². The first-order valence-electron chi connectivity index (χ1n) is 6.21. The minimum Gasteiger partial charge on any atom is -0.497 e. The van der Waals surface area contributed by atoms with Crippen molar-refractivity contribution < 1.29 is 9.47 Å². The highest BCUT2D eigenvalue weighted by Crippen LogP contribution is 2.23. The van der Waals surface area contributed by atoms with Crippen molar-refractivity contribution in [1.82, 2.24) is 0 Å². The van der Waals surface area contributed by atoms with Crippen LogP contribution in [0.4, 0.5) is 0 Å². The van der Waals surface area contributed by atoms with E-state index in [9.17, 15) is 0 Å². The molecule has 0 aliphatic carbocycles. The SMILES string of the molecule is COc1cccc(OCC(CBr)c2ccccc2)c1. The fraction of sp³-hybridized carbons (Fsp3) is 0.250. The van der Waals surface area contributed by atoms with Gasteiger partial charge in [-0.1, -0.05) is 52.3 Å². The summed E-state index contributed by atoms with van der Waals surface area (Å²) in [4.78, 5) is 0. The van der Waals surface area contributed by atoms with Crippen LogP contribution in [-0.4, -0.2) is 19.0 Å². The lowest BCUT2D eigenvalue weighted by Crippen LogP contribution is -2.11. The summed E-state index contributed by atoms with van der Waals surface area (Å²) in [5.41, 5.74) is 1.28. The highest BCUT2D eigenvalue weighted by atomic mass is 79.9. The molecule has 0 bridgehead atoms. The van der Waals surface area contributed by atoms with Crippen molar-refractivity contribution in [2.75, 3.05) is 19.0 Å². The van der Waals surface area contributed by atoms with Crippen LogP contribution in [0.25, 0.3) is 0 Å². The number of benzene rings is 2. The van der Waals surface area contributed by atoms with Gasteiger partial charge in [-0.15, -0.1) is 0 Å². The van der Waals surface area contributed by atoms with Gasteiger partial charge < -0.3 is 9.47 Å². The number of hydrogen-bond acceptors (Lipinski definition) is 2. The van der Waals surface area contributed by atoms with Gasteiger partial charge in [0.15, 0.2) is 0 Å². The van der Waals surface area contributed by atoms with E-state index in [1.807, 2.05) is 30.3 Å². The van der Waals surface area contributed by atoms with Gasteiger partial charge in [-0.25, -0.2) is 0 Å². The summed E-state index contributed by atoms with van der Waals surface area (Å²) in [7, 11) is 1.66. The molecule has 1 atom stereocenters. The van der Waals surface area contributed by atoms with E-state index >= 15 is 0 Å². The minimum atomic E-state index is 0.340. The predicted molar refractivity (Wildman–Crippen MR) is 81.5 cm³/mol. The lowest BCUT2D eigenvalue weighted by Gasteiger charge is -2.16. The van der Waals surface area contributed by atoms with E-state index in [1.165, 1.54) is 5.56 Å². The summed E-state index contributed by atoms with van der Waals surface area (Å²) in [5.74, 6) is 1.99. The first-order valence-corrected chi connectivity index (χ1v) is 7.33. The molecule has 100 valence electrons. The van der Waals surface area contributed by atoms with Crippen LogP contribution in [0.5, 0.6) is 11.5 Å². The Kier molecular flexibility index (Phi) is 5.28. The second kappa shape index (κ2) is 7.19. The Hall–Kier alpha value is -1.48. The summed E-state index contributed by atoms with van der Waals surface area (Å²) < 4.78 is 11.0. The molecule has 0 fully saturated rings. The highest BCUT2D eigenvalue weighted by Gasteiger charge is 2.10. The van der Waals surface area contributed by atoms with E-state index in [4.69, 9.17) is 9.47 Å². The second-order valence-corrected chi connectivity index (χ2v) is 4.90. The Morgan fingerprint density at radius 2 is 1.74 bits per heavy atom. The Morgan fingerprint density at radius 1 is 1.00 bits per heavy atom. The molecule has 0 radical (unpaired) electrons. The third kappa shape index (κ3) is 4.00. The summed E-state index contributed by atoms with van der Waals surface area (Å²) in [5, 5.41) is 0.876. The van der Waals surface area contributed by atoms with Crippen LogP contribution >= 0.6 is 15.9 Å². The molecule has 0 spiro atoms. The molecule has 2 rings (SSSR count). The molecule has 0 aliphatic heterocycles. The molecular weight excluding hydrogens is 304 g/mol. The lowest BCUT2D eigenvalue weighted by molar-refractivity contribution is 0.296. The molecule has 19 heavy (non-hydrogen) atoms. The van der Waals surface area contributed by atoms with Crippen molar-refractivity contribution in [2.45, 2.75) is 5.92 Å². The zero-order valence-electron chi connectivity index (χ0n) is 10.9. The third-order valence-electron chi connectivity index (χ3n) is 2.95. The van der Waals surface area contributed by atoms with Gasteiger partial charge in [-0.05, 0) is 17.7 Å². The molecular formula is C16H17BrO2. The van der Waals surface area contributed by atoms with Gasteiger partial charge in [0.25, 0.3) is 0 Å². The van der Waals surface area contributed by atoms with Crippen molar-refractivity contribution in [2.24, 2.45) is 0 Å². The van der Waals surface area contributed by atoms with Gasteiger partial charge in [0, 0.05) is 17.3 Å². The van der Waals surface area contributed by atoms with E-state index in [0.29, 0.717) is 12.5 Å². The number of rotatable bonds is 6. The molecule has 0 aliphatic rings. The van der Waals surface area contributed by atoms with Crippen LogP contribution in [0.1, 0.15) is 11.5 Å². The third-order valence-corrected chi connectivity index (χ3v) is 3.73. The molecule has 1 unspecified atom stereocenters. The van der Waals surface area contributed by atoms with Gasteiger partial charge in [0.05, 0.1) is 13.7 Å². The van der Waals surface area contributed by atoms with Crippen LogP contribution in [0.3, 0.4) is 0 Å². The largest absolute Gasteiger partial charge is 0.497 e. The maximum Gasteiger partial charge on any atom is 0.123 e. The summed E-state index contributed by atoms with van der Waals surface area (Å²) in [6.45, 7) is 0.641. The van der Waals surface area contributed by atoms with E-state index in [1.54, 1.807) is 7.11 Å². The standard InChI is InChI=1S/C16H17BrO2/c1-18-15-8-5-9-16(10-15)19-12-14(11-17)13-6-3-2-4-7-13/h2-10,14H,11-12H2,1H3. The number of ether oxygens (including phenoxy) is 2. The monoisotopic (exact) mass is 320 g/mol. The van der Waals surface area contributed by atoms with Crippen molar-refractivity contribution in [3.8, 4) is 11.5 Å². The first-order chi connectivity index (χ1) is 9.33. The Morgan fingerprint density at radius 3 is 2.42 bits per heavy atom. The molecule has 3 heteroatoms. The number of methoxy groups -OCH3 is 1. The van der Waals surface area contributed by atoms with Gasteiger partial charge in [-0.3, -0.25) is 0 Å². The molecule has 0 amide bonds. The number of halogens is 1. The molecule has 0 aromatic heterocycles. The molecule has 0 N–H and O–H groups in total. The van der Waals surface area contributed by atoms with Crippen molar-refractivity contribution in [3.05, 3.63) is 60.2 Å². The summed E-state index contributed by atoms with van der Waals surface area (Å²) in [6.07, 6.45) is 0. The zero-order valence-corrected chi connectivity index (χ0v) is 12.5. The second-order valence-electron chi connectivity index (χ2n) is 4.25. The quantitative estimate of drug-likeness (QED) is 0.741. The smallest absolute Gasteiger partial charge is 0.123 e. The Labute approximate surface area is 122 Å². The van der Waals surface area contributed by atoms with Crippen LogP contribution < -0.4 is 9.47 Å². The molecule has 0 saturated carbocycles. The first kappa shape index (κ1) is 13.9. The fourth-order valence-corrected chi connectivity index (χ4v) is 2.40. The molecule has 0 heterocycles. The molecule has 2 aromatic carbocycles. The fourth-order valence-electron chi connectivity index (χ4n) is 1.84. The predicted octanol–water partition coefficient (Wildman–Crippen LogP) is 4.25. The van der Waals surface area contributed by atoms with E-state index in [-0.39, 0.29) is 0 Å². The molecule has 2 aromatic rings. The van der Waals surface area contributed by atoms with Gasteiger partial charge in [0.1, 0.15) is 11.5 Å². The summed E-state index contributed by atoms with van der Waals surface area (Å²) >= 11 is 3.55. The Bertz CT molecular complexity index is 499. The summed E-state index contributed by atoms with van der Waals surface area (Å²) in [6, 6.07) is 18.1. The van der Waals surface area contributed by atoms with Crippen LogP contribution in [0, 0.1) is 0 Å². The normalized spacial score (nSPS) is 11.9. The van der Waals surface area contributed by atoms with Crippen LogP contribution in [0.2, 0.25) is 0 Å². The van der Waals surface area contributed by atoms with Gasteiger partial charge in [0.2, 0.25) is 0 Å². The molecule has 2 nitrogen and oxygen atoms in total. The maximum atomic E-state index is 5.85. The van der Waals surface area contributed by atoms with E-state index in [0.717, 1.165) is 16.8 Å². The maximum absolute atomic E-state index is 5.85. The topological polar surface area (TPSA) is 18.5 Å². The molecule has 0 saturated heterocycles. The van der Waals surface area contributed by atoms with Crippen molar-refractivity contribution in [3.63, 3.8) is 0 Å². The zero-order chi connectivity index (χ0) is 13.5. The van der Waals surface area contributed by atoms with E-state index < -0.39 is 0 Å². The van der Waals surface area contributed by atoms with Crippen LogP contribution in [-0.2, 0) is 0 Å². The number of hydrogen-bond donors (Lipinski definition) is 0. The van der Waals surface area contributed by atoms with E-state index in [2.05, 4.69) is 40.2 Å². The van der Waals surface area contributed by atoms with Crippen molar-refractivity contribution in [1.29, 1.82) is 0 Å². The lowest BCUT2D eigenvalue weighted by atomic mass is 10.0. The highest BCUT2D eigenvalue weighted by molar-refractivity contribution is 9.09. The van der Waals surface area contributed by atoms with Gasteiger partial charge >= 0.3 is 0 Å². The van der Waals surface area contributed by atoms with Crippen molar-refractivity contribution >= 4 is 15.9 Å². The average Bonchev–Trinajstić information content (AvgIpc) is 2.49. The van der Waals surface area contributed by atoms with Crippen LogP contribution in [0.15, 0.2) is 54.6 Å². The number of alkyl halides is 1. The average molecular weight is 321 g/mol.